The minimum absolute atomic E-state index is 0.0198. The molecule has 0 amide bonds. The molecule has 0 saturated carbocycles. The van der Waals surface area contributed by atoms with Crippen molar-refractivity contribution >= 4 is 5.84 Å². The lowest BCUT2D eigenvalue weighted by Gasteiger charge is -2.06. The molecule has 0 bridgehead atoms. The van der Waals surface area contributed by atoms with Crippen molar-refractivity contribution in [2.75, 3.05) is 0 Å². The van der Waals surface area contributed by atoms with Crippen LogP contribution in [0.5, 0.6) is 5.75 Å². The Labute approximate surface area is 98.8 Å². The van der Waals surface area contributed by atoms with Crippen LogP contribution in [0, 0.1) is 5.41 Å². The fourth-order valence-corrected chi connectivity index (χ4v) is 1.31. The second-order valence-corrected chi connectivity index (χ2v) is 3.40. The average molecular weight is 228 g/mol. The lowest BCUT2D eigenvalue weighted by Crippen LogP contribution is -2.11. The van der Waals surface area contributed by atoms with Crippen molar-refractivity contribution in [3.8, 4) is 5.75 Å². The highest BCUT2D eigenvalue weighted by molar-refractivity contribution is 5.95. The van der Waals surface area contributed by atoms with Crippen LogP contribution in [-0.2, 0) is 6.61 Å². The maximum absolute atomic E-state index is 7.33. The van der Waals surface area contributed by atoms with Crippen LogP contribution in [-0.4, -0.2) is 15.8 Å². The van der Waals surface area contributed by atoms with Gasteiger partial charge in [-0.2, -0.15) is 0 Å². The molecule has 0 saturated heterocycles. The van der Waals surface area contributed by atoms with Gasteiger partial charge in [0.25, 0.3) is 0 Å². The summed E-state index contributed by atoms with van der Waals surface area (Å²) >= 11 is 0. The van der Waals surface area contributed by atoms with E-state index in [0.717, 1.165) is 0 Å². The maximum atomic E-state index is 7.33. The molecule has 0 unspecified atom stereocenters. The molecule has 3 N–H and O–H groups in total. The molecule has 86 valence electrons. The Hall–Kier alpha value is -2.43. The second kappa shape index (κ2) is 5.07. The highest BCUT2D eigenvalue weighted by atomic mass is 16.5. The zero-order valence-corrected chi connectivity index (χ0v) is 9.13. The number of rotatable bonds is 4. The first-order valence-electron chi connectivity index (χ1n) is 5.09. The topological polar surface area (TPSA) is 84.9 Å². The van der Waals surface area contributed by atoms with E-state index in [1.807, 2.05) is 0 Å². The molecular formula is C12H12N4O. The molecule has 0 atom stereocenters. The molecule has 0 aliphatic heterocycles. The largest absolute Gasteiger partial charge is 0.486 e. The van der Waals surface area contributed by atoms with Crippen molar-refractivity contribution in [1.29, 1.82) is 5.41 Å². The maximum Gasteiger partial charge on any atom is 0.166 e. The Balaban J connectivity index is 2.04. The summed E-state index contributed by atoms with van der Waals surface area (Å²) in [5.74, 6) is 1.28. The van der Waals surface area contributed by atoms with Crippen LogP contribution in [0.2, 0.25) is 0 Å². The molecule has 5 nitrogen and oxygen atoms in total. The molecule has 1 aromatic heterocycles. The molecular weight excluding hydrogens is 216 g/mol. The van der Waals surface area contributed by atoms with Crippen LogP contribution in [0.15, 0.2) is 42.7 Å². The summed E-state index contributed by atoms with van der Waals surface area (Å²) in [7, 11) is 0. The summed E-state index contributed by atoms with van der Waals surface area (Å²) in [5, 5.41) is 7.33. The summed E-state index contributed by atoms with van der Waals surface area (Å²) in [5.41, 5.74) is 6.03. The Kier molecular flexibility index (Phi) is 3.30. The molecule has 17 heavy (non-hydrogen) atoms. The number of benzene rings is 1. The Morgan fingerprint density at radius 3 is 2.71 bits per heavy atom. The number of nitrogens with one attached hydrogen (secondary N) is 1. The van der Waals surface area contributed by atoms with Gasteiger partial charge in [-0.05, 0) is 18.2 Å². The van der Waals surface area contributed by atoms with Gasteiger partial charge in [-0.15, -0.1) is 0 Å². The summed E-state index contributed by atoms with van der Waals surface area (Å²) in [6.07, 6.45) is 3.33. The van der Waals surface area contributed by atoms with Gasteiger partial charge in [-0.25, -0.2) is 9.97 Å². The smallest absolute Gasteiger partial charge is 0.166 e. The van der Waals surface area contributed by atoms with Crippen molar-refractivity contribution in [2.45, 2.75) is 6.61 Å². The normalized spacial score (nSPS) is 9.88. The van der Waals surface area contributed by atoms with E-state index in [0.29, 0.717) is 23.7 Å². The van der Waals surface area contributed by atoms with Crippen LogP contribution >= 0.6 is 0 Å². The van der Waals surface area contributed by atoms with Crippen LogP contribution in [0.1, 0.15) is 11.4 Å². The van der Waals surface area contributed by atoms with E-state index in [-0.39, 0.29) is 5.84 Å². The summed E-state index contributed by atoms with van der Waals surface area (Å²) in [4.78, 5) is 8.10. The van der Waals surface area contributed by atoms with Gasteiger partial charge in [-0.3, -0.25) is 5.41 Å². The van der Waals surface area contributed by atoms with Crippen LogP contribution in [0.3, 0.4) is 0 Å². The van der Waals surface area contributed by atoms with E-state index in [9.17, 15) is 0 Å². The molecule has 0 aliphatic rings. The van der Waals surface area contributed by atoms with Gasteiger partial charge in [0.05, 0.1) is 0 Å². The van der Waals surface area contributed by atoms with Gasteiger partial charge in [0.2, 0.25) is 0 Å². The zero-order chi connectivity index (χ0) is 12.1. The lowest BCUT2D eigenvalue weighted by atomic mass is 10.2. The molecule has 1 heterocycles. The summed E-state index contributed by atoms with van der Waals surface area (Å²) in [6.45, 7) is 0.294. The molecule has 0 spiro atoms. The van der Waals surface area contributed by atoms with Gasteiger partial charge in [0.15, 0.2) is 5.82 Å². The first-order chi connectivity index (χ1) is 8.25. The Morgan fingerprint density at radius 2 is 2.00 bits per heavy atom. The number of aromatic nitrogens is 2. The zero-order valence-electron chi connectivity index (χ0n) is 9.13. The van der Waals surface area contributed by atoms with E-state index in [4.69, 9.17) is 15.9 Å². The van der Waals surface area contributed by atoms with E-state index >= 15 is 0 Å². The second-order valence-electron chi connectivity index (χ2n) is 3.40. The summed E-state index contributed by atoms with van der Waals surface area (Å²) < 4.78 is 5.51. The third-order valence-electron chi connectivity index (χ3n) is 2.13. The van der Waals surface area contributed by atoms with Crippen molar-refractivity contribution in [3.05, 3.63) is 54.1 Å². The standard InChI is InChI=1S/C12H12N4O/c13-12(14)9-3-1-4-10(7-9)17-8-11-15-5-2-6-16-11/h1-7H,8H2,(H3,13,14). The minimum Gasteiger partial charge on any atom is -0.486 e. The SMILES string of the molecule is N=C(N)c1cccc(OCc2ncccn2)c1. The number of ether oxygens (including phenoxy) is 1. The monoisotopic (exact) mass is 228 g/mol. The van der Waals surface area contributed by atoms with Gasteiger partial charge < -0.3 is 10.5 Å². The summed E-state index contributed by atoms with van der Waals surface area (Å²) in [6, 6.07) is 8.81. The number of hydrogen-bond acceptors (Lipinski definition) is 4. The van der Waals surface area contributed by atoms with Gasteiger partial charge in [0.1, 0.15) is 18.2 Å². The Bertz CT molecular complexity index is 513. The predicted molar refractivity (Wildman–Crippen MR) is 63.8 cm³/mol. The highest BCUT2D eigenvalue weighted by Gasteiger charge is 2.00. The fourth-order valence-electron chi connectivity index (χ4n) is 1.31. The third kappa shape index (κ3) is 3.01. The molecule has 2 aromatic rings. The van der Waals surface area contributed by atoms with Crippen LogP contribution < -0.4 is 10.5 Å². The molecule has 2 rings (SSSR count). The molecule has 1 aromatic carbocycles. The molecule has 0 fully saturated rings. The van der Waals surface area contributed by atoms with Crippen molar-refractivity contribution < 1.29 is 4.74 Å². The number of hydrogen-bond donors (Lipinski definition) is 2. The van der Waals surface area contributed by atoms with Gasteiger partial charge in [-0.1, -0.05) is 12.1 Å². The van der Waals surface area contributed by atoms with Crippen LogP contribution in [0.4, 0.5) is 0 Å². The molecule has 0 aliphatic carbocycles. The first-order valence-corrected chi connectivity index (χ1v) is 5.09. The van der Waals surface area contributed by atoms with Gasteiger partial charge in [0, 0.05) is 18.0 Å². The minimum atomic E-state index is 0.0198. The number of nitrogens with two attached hydrogens (primary N) is 1. The van der Waals surface area contributed by atoms with Crippen molar-refractivity contribution in [2.24, 2.45) is 5.73 Å². The quantitative estimate of drug-likeness (QED) is 0.610. The average Bonchev–Trinajstić information content (AvgIpc) is 2.38. The third-order valence-corrected chi connectivity index (χ3v) is 2.13. The van der Waals surface area contributed by atoms with E-state index in [2.05, 4.69) is 9.97 Å². The van der Waals surface area contributed by atoms with E-state index in [1.54, 1.807) is 42.7 Å². The van der Waals surface area contributed by atoms with E-state index in [1.165, 1.54) is 0 Å². The number of nitrogens with zero attached hydrogens (tertiary/aromatic N) is 2. The molecule has 0 radical (unpaired) electrons. The predicted octanol–water partition coefficient (Wildman–Crippen LogP) is 1.34. The van der Waals surface area contributed by atoms with Crippen molar-refractivity contribution in [1.82, 2.24) is 9.97 Å². The van der Waals surface area contributed by atoms with Crippen molar-refractivity contribution in [3.63, 3.8) is 0 Å². The highest BCUT2D eigenvalue weighted by Crippen LogP contribution is 2.13. The Morgan fingerprint density at radius 1 is 1.24 bits per heavy atom. The van der Waals surface area contributed by atoms with Gasteiger partial charge >= 0.3 is 0 Å². The number of amidine groups is 1. The van der Waals surface area contributed by atoms with E-state index < -0.39 is 0 Å². The number of nitrogen functional groups attached to an aromatic ring is 1. The fraction of sp³-hybridized carbons (Fsp3) is 0.0833. The first kappa shape index (κ1) is 11.1. The van der Waals surface area contributed by atoms with Crippen LogP contribution in [0.25, 0.3) is 0 Å². The lowest BCUT2D eigenvalue weighted by molar-refractivity contribution is 0.295. The molecule has 5 heteroatoms.